The molecule has 0 amide bonds. The zero-order valence-electron chi connectivity index (χ0n) is 12.6. The lowest BCUT2D eigenvalue weighted by Gasteiger charge is -2.07. The minimum absolute atomic E-state index is 0. The van der Waals surface area contributed by atoms with Crippen LogP contribution in [-0.4, -0.2) is 5.96 Å². The van der Waals surface area contributed by atoms with Crippen LogP contribution in [0.15, 0.2) is 96.0 Å². The number of nitrogens with one attached hydrogen (secondary N) is 1. The summed E-state index contributed by atoms with van der Waals surface area (Å²) in [5, 5.41) is 5.41. The van der Waals surface area contributed by atoms with E-state index in [1.807, 2.05) is 84.2 Å². The molecular formula is C19H18ClN3. The molecule has 0 atom stereocenters. The van der Waals surface area contributed by atoms with E-state index in [4.69, 9.17) is 4.99 Å². The van der Waals surface area contributed by atoms with Crippen LogP contribution in [0.1, 0.15) is 0 Å². The van der Waals surface area contributed by atoms with Gasteiger partial charge in [0.15, 0.2) is 0 Å². The van der Waals surface area contributed by atoms with Crippen LogP contribution in [0.3, 0.4) is 0 Å². The van der Waals surface area contributed by atoms with Crippen LogP contribution in [-0.2, 0) is 0 Å². The zero-order valence-corrected chi connectivity index (χ0v) is 13.3. The van der Waals surface area contributed by atoms with Crippen molar-refractivity contribution in [3.05, 3.63) is 91.0 Å². The summed E-state index contributed by atoms with van der Waals surface area (Å²) < 4.78 is 0. The summed E-state index contributed by atoms with van der Waals surface area (Å²) in [7, 11) is 0. The lowest BCUT2D eigenvalue weighted by molar-refractivity contribution is -0.443. The Morgan fingerprint density at radius 3 is 1.83 bits per heavy atom. The van der Waals surface area contributed by atoms with Gasteiger partial charge in [0, 0.05) is 5.69 Å². The fourth-order valence-corrected chi connectivity index (χ4v) is 2.11. The molecule has 23 heavy (non-hydrogen) atoms. The Kier molecular flexibility index (Phi) is 6.36. The number of benzene rings is 3. The van der Waals surface area contributed by atoms with E-state index in [1.54, 1.807) is 0 Å². The lowest BCUT2D eigenvalue weighted by Crippen LogP contribution is -3.00. The molecule has 3 aromatic rings. The van der Waals surface area contributed by atoms with Crippen LogP contribution in [0.4, 0.5) is 17.1 Å². The molecule has 3 nitrogen and oxygen atoms in total. The van der Waals surface area contributed by atoms with Crippen LogP contribution in [0.25, 0.3) is 0 Å². The fourth-order valence-electron chi connectivity index (χ4n) is 2.11. The molecule has 0 aromatic heterocycles. The van der Waals surface area contributed by atoms with E-state index in [2.05, 4.69) is 17.4 Å². The highest BCUT2D eigenvalue weighted by Crippen LogP contribution is 2.11. The summed E-state index contributed by atoms with van der Waals surface area (Å²) in [6.07, 6.45) is 0. The summed E-state index contributed by atoms with van der Waals surface area (Å²) in [5.74, 6) is 0.809. The van der Waals surface area contributed by atoms with Crippen molar-refractivity contribution in [1.29, 1.82) is 0 Å². The predicted molar refractivity (Wildman–Crippen MR) is 91.6 cm³/mol. The molecule has 3 rings (SSSR count). The van der Waals surface area contributed by atoms with Crippen molar-refractivity contribution < 1.29 is 17.7 Å². The predicted octanol–water partition coefficient (Wildman–Crippen LogP) is 0.685. The van der Waals surface area contributed by atoms with E-state index in [9.17, 15) is 0 Å². The number of nitrogens with two attached hydrogens (primary N) is 1. The molecule has 0 unspecified atom stereocenters. The average Bonchev–Trinajstić information content (AvgIpc) is 2.57. The van der Waals surface area contributed by atoms with Crippen molar-refractivity contribution in [2.24, 2.45) is 4.99 Å². The molecule has 0 aliphatic heterocycles. The molecule has 0 aliphatic carbocycles. The monoisotopic (exact) mass is 323 g/mol. The summed E-state index contributed by atoms with van der Waals surface area (Å²) in [6.45, 7) is 0. The van der Waals surface area contributed by atoms with Gasteiger partial charge in [0.2, 0.25) is 0 Å². The van der Waals surface area contributed by atoms with Gasteiger partial charge in [-0.25, -0.2) is 5.32 Å². The number of quaternary nitrogens is 1. The Bertz CT molecular complexity index is 685. The third-order valence-electron chi connectivity index (χ3n) is 3.15. The Labute approximate surface area is 142 Å². The molecule has 3 N–H and O–H groups in total. The number of aliphatic imine (C=N–C) groups is 1. The number of para-hydroxylation sites is 3. The third-order valence-corrected chi connectivity index (χ3v) is 3.15. The van der Waals surface area contributed by atoms with Gasteiger partial charge in [-0.05, 0) is 36.4 Å². The van der Waals surface area contributed by atoms with Crippen molar-refractivity contribution in [3.63, 3.8) is 0 Å². The number of guanidine groups is 1. The molecule has 3 aromatic carbocycles. The van der Waals surface area contributed by atoms with Crippen molar-refractivity contribution in [2.45, 2.75) is 0 Å². The number of anilines is 1. The average molecular weight is 324 g/mol. The molecule has 0 saturated heterocycles. The maximum atomic E-state index is 4.70. The van der Waals surface area contributed by atoms with E-state index in [-0.39, 0.29) is 12.4 Å². The first-order valence-corrected chi connectivity index (χ1v) is 7.26. The Morgan fingerprint density at radius 2 is 1.22 bits per heavy atom. The SMILES string of the molecule is [Cl-].c1ccc(N=C(Nc2ccccc2)[NH2+]c2ccccc2)cc1. The van der Waals surface area contributed by atoms with Crippen molar-refractivity contribution in [2.75, 3.05) is 5.32 Å². The third kappa shape index (κ3) is 5.25. The first kappa shape index (κ1) is 16.7. The quantitative estimate of drug-likeness (QED) is 0.415. The summed E-state index contributed by atoms with van der Waals surface area (Å²) >= 11 is 0. The summed E-state index contributed by atoms with van der Waals surface area (Å²) in [4.78, 5) is 4.70. The Balaban J connectivity index is 0.00000192. The van der Waals surface area contributed by atoms with Gasteiger partial charge < -0.3 is 12.4 Å². The molecule has 0 spiro atoms. The second-order valence-electron chi connectivity index (χ2n) is 4.88. The van der Waals surface area contributed by atoms with Gasteiger partial charge in [0.1, 0.15) is 5.69 Å². The standard InChI is InChI=1S/C19H17N3.ClH/c1-4-10-16(11-5-1)20-19(21-17-12-6-2-7-13-17)22-18-14-8-3-9-15-18;/h1-15H,(H2,20,21,22);1H. The molecule has 0 fully saturated rings. The van der Waals surface area contributed by atoms with Crippen LogP contribution >= 0.6 is 0 Å². The number of hydrogen-bond acceptors (Lipinski definition) is 1. The Morgan fingerprint density at radius 1 is 0.696 bits per heavy atom. The summed E-state index contributed by atoms with van der Waals surface area (Å²) in [6, 6.07) is 30.2. The van der Waals surface area contributed by atoms with Gasteiger partial charge in [0.25, 0.3) is 0 Å². The highest BCUT2D eigenvalue weighted by Gasteiger charge is 2.07. The van der Waals surface area contributed by atoms with Crippen molar-refractivity contribution in [1.82, 2.24) is 0 Å². The minimum Gasteiger partial charge on any atom is -1.00 e. The van der Waals surface area contributed by atoms with Gasteiger partial charge in [0.05, 0.1) is 5.69 Å². The highest BCUT2D eigenvalue weighted by molar-refractivity contribution is 5.89. The number of nitrogens with zero attached hydrogens (tertiary/aromatic N) is 1. The molecular weight excluding hydrogens is 306 g/mol. The van der Waals surface area contributed by atoms with E-state index >= 15 is 0 Å². The number of halogens is 1. The largest absolute Gasteiger partial charge is 1.00 e. The molecule has 0 heterocycles. The second-order valence-corrected chi connectivity index (χ2v) is 4.88. The molecule has 116 valence electrons. The molecule has 0 aliphatic rings. The number of rotatable bonds is 3. The maximum Gasteiger partial charge on any atom is 0.309 e. The van der Waals surface area contributed by atoms with Gasteiger partial charge in [-0.2, -0.15) is 4.99 Å². The van der Waals surface area contributed by atoms with Crippen molar-refractivity contribution >= 4 is 23.0 Å². The van der Waals surface area contributed by atoms with Crippen LogP contribution in [0.5, 0.6) is 0 Å². The van der Waals surface area contributed by atoms with Crippen LogP contribution < -0.4 is 23.0 Å². The lowest BCUT2D eigenvalue weighted by atomic mass is 10.3. The zero-order chi connectivity index (χ0) is 15.0. The van der Waals surface area contributed by atoms with E-state index in [0.29, 0.717) is 0 Å². The van der Waals surface area contributed by atoms with E-state index in [1.165, 1.54) is 0 Å². The minimum atomic E-state index is 0. The maximum absolute atomic E-state index is 4.70. The smallest absolute Gasteiger partial charge is 0.309 e. The number of hydrogen-bond donors (Lipinski definition) is 2. The van der Waals surface area contributed by atoms with Gasteiger partial charge >= 0.3 is 5.96 Å². The fraction of sp³-hybridized carbons (Fsp3) is 0. The van der Waals surface area contributed by atoms with Crippen LogP contribution in [0, 0.1) is 0 Å². The topological polar surface area (TPSA) is 41.0 Å². The van der Waals surface area contributed by atoms with Gasteiger partial charge in [-0.15, -0.1) is 0 Å². The van der Waals surface area contributed by atoms with Crippen molar-refractivity contribution in [3.8, 4) is 0 Å². The molecule has 0 radical (unpaired) electrons. The molecule has 0 saturated carbocycles. The Hall–Kier alpha value is -2.62. The first-order chi connectivity index (χ1) is 10.9. The summed E-state index contributed by atoms with van der Waals surface area (Å²) in [5.41, 5.74) is 3.05. The van der Waals surface area contributed by atoms with E-state index in [0.717, 1.165) is 23.0 Å². The second kappa shape index (κ2) is 8.73. The highest BCUT2D eigenvalue weighted by atomic mass is 35.5. The van der Waals surface area contributed by atoms with E-state index < -0.39 is 0 Å². The van der Waals surface area contributed by atoms with Gasteiger partial charge in [-0.3, -0.25) is 5.32 Å². The van der Waals surface area contributed by atoms with Crippen LogP contribution in [0.2, 0.25) is 0 Å². The molecule has 4 heteroatoms. The molecule has 0 bridgehead atoms. The first-order valence-electron chi connectivity index (χ1n) is 7.26. The normalized spacial score (nSPS) is 10.7. The van der Waals surface area contributed by atoms with Gasteiger partial charge in [-0.1, -0.05) is 54.6 Å².